The number of methoxy groups -OCH3 is 2. The molecule has 0 N–H and O–H groups in total. The van der Waals surface area contributed by atoms with Crippen molar-refractivity contribution in [3.8, 4) is 11.5 Å². The molecule has 0 aliphatic rings. The molecule has 0 radical (unpaired) electrons. The van der Waals surface area contributed by atoms with Crippen molar-refractivity contribution in [2.75, 3.05) is 26.2 Å². The molecule has 0 spiro atoms. The average Bonchev–Trinajstić information content (AvgIpc) is 2.83. The van der Waals surface area contributed by atoms with Crippen molar-refractivity contribution in [3.63, 3.8) is 0 Å². The minimum absolute atomic E-state index is 0.749. The molecule has 1 aromatic carbocycles. The maximum atomic E-state index is 5.32. The van der Waals surface area contributed by atoms with Crippen molar-refractivity contribution in [2.45, 2.75) is 6.54 Å². The fraction of sp³-hybridized carbons (Fsp3) is 0.286. The van der Waals surface area contributed by atoms with E-state index >= 15 is 0 Å². The van der Waals surface area contributed by atoms with Gasteiger partial charge in [-0.25, -0.2) is 0 Å². The van der Waals surface area contributed by atoms with Crippen molar-refractivity contribution < 1.29 is 9.47 Å². The van der Waals surface area contributed by atoms with Crippen LogP contribution in [0, 0.1) is 0 Å². The third kappa shape index (κ3) is 3.42. The van der Waals surface area contributed by atoms with Crippen LogP contribution < -0.4 is 14.4 Å². The number of benzene rings is 1. The predicted molar refractivity (Wildman–Crippen MR) is 83.7 cm³/mol. The van der Waals surface area contributed by atoms with E-state index in [0.717, 1.165) is 27.5 Å². The van der Waals surface area contributed by atoms with E-state index < -0.39 is 0 Å². The first-order valence-electron chi connectivity index (χ1n) is 5.81. The Hall–Kier alpha value is -1.20. The molecule has 3 nitrogen and oxygen atoms in total. The van der Waals surface area contributed by atoms with E-state index in [1.54, 1.807) is 25.6 Å². The van der Waals surface area contributed by atoms with Gasteiger partial charge in [-0.2, -0.15) is 0 Å². The summed E-state index contributed by atoms with van der Waals surface area (Å²) in [5.74, 6) is 1.50. The van der Waals surface area contributed by atoms with Gasteiger partial charge < -0.3 is 14.4 Å². The van der Waals surface area contributed by atoms with Crippen LogP contribution >= 0.6 is 27.3 Å². The highest BCUT2D eigenvalue weighted by atomic mass is 79.9. The van der Waals surface area contributed by atoms with Crippen LogP contribution in [0.1, 0.15) is 4.88 Å². The van der Waals surface area contributed by atoms with Crippen molar-refractivity contribution in [1.82, 2.24) is 0 Å². The van der Waals surface area contributed by atoms with Gasteiger partial charge in [-0.05, 0) is 40.2 Å². The van der Waals surface area contributed by atoms with E-state index in [9.17, 15) is 0 Å². The maximum absolute atomic E-state index is 5.32. The Labute approximate surface area is 125 Å². The molecule has 0 fully saturated rings. The van der Waals surface area contributed by atoms with Gasteiger partial charge in [-0.1, -0.05) is 0 Å². The summed E-state index contributed by atoms with van der Waals surface area (Å²) in [6.45, 7) is 0.867. The third-order valence-electron chi connectivity index (χ3n) is 2.83. The summed E-state index contributed by atoms with van der Waals surface area (Å²) in [6.07, 6.45) is 0. The minimum atomic E-state index is 0.749. The minimum Gasteiger partial charge on any atom is -0.493 e. The molecule has 0 aliphatic heterocycles. The van der Waals surface area contributed by atoms with Gasteiger partial charge in [-0.3, -0.25) is 0 Å². The SMILES string of the molecule is COc1ccc(N(C)Cc2ccc(Br)s2)cc1OC. The number of nitrogens with zero attached hydrogens (tertiary/aromatic N) is 1. The average molecular weight is 342 g/mol. The lowest BCUT2D eigenvalue weighted by Crippen LogP contribution is -2.15. The van der Waals surface area contributed by atoms with Crippen LogP contribution in [-0.4, -0.2) is 21.3 Å². The number of rotatable bonds is 5. The lowest BCUT2D eigenvalue weighted by Gasteiger charge is -2.20. The monoisotopic (exact) mass is 341 g/mol. The normalized spacial score (nSPS) is 10.3. The lowest BCUT2D eigenvalue weighted by molar-refractivity contribution is 0.355. The Balaban J connectivity index is 2.16. The van der Waals surface area contributed by atoms with E-state index in [4.69, 9.17) is 9.47 Å². The maximum Gasteiger partial charge on any atom is 0.162 e. The second-order valence-electron chi connectivity index (χ2n) is 4.10. The number of anilines is 1. The zero-order valence-electron chi connectivity index (χ0n) is 11.1. The van der Waals surface area contributed by atoms with Gasteiger partial charge >= 0.3 is 0 Å². The number of ether oxygens (including phenoxy) is 2. The van der Waals surface area contributed by atoms with Crippen LogP contribution in [0.3, 0.4) is 0 Å². The highest BCUT2D eigenvalue weighted by molar-refractivity contribution is 9.11. The van der Waals surface area contributed by atoms with Crippen LogP contribution in [0.2, 0.25) is 0 Å². The smallest absolute Gasteiger partial charge is 0.162 e. The molecule has 2 aromatic rings. The lowest BCUT2D eigenvalue weighted by atomic mass is 10.2. The second-order valence-corrected chi connectivity index (χ2v) is 6.65. The summed E-state index contributed by atoms with van der Waals surface area (Å²) >= 11 is 5.23. The highest BCUT2D eigenvalue weighted by Gasteiger charge is 2.09. The Kier molecular flexibility index (Phi) is 4.71. The van der Waals surface area contributed by atoms with Crippen LogP contribution in [0.15, 0.2) is 34.1 Å². The zero-order chi connectivity index (χ0) is 13.8. The third-order valence-corrected chi connectivity index (χ3v) is 4.44. The Morgan fingerprint density at radius 2 is 1.84 bits per heavy atom. The fourth-order valence-corrected chi connectivity index (χ4v) is 3.36. The topological polar surface area (TPSA) is 21.7 Å². The first-order valence-corrected chi connectivity index (χ1v) is 7.42. The fourth-order valence-electron chi connectivity index (χ4n) is 1.82. The standard InChI is InChI=1S/C14H16BrNO2S/c1-16(9-11-5-7-14(15)19-11)10-4-6-12(17-2)13(8-10)18-3/h4-8H,9H2,1-3H3. The first-order chi connectivity index (χ1) is 9.13. The number of hydrogen-bond donors (Lipinski definition) is 0. The van der Waals surface area contributed by atoms with Crippen molar-refractivity contribution in [2.24, 2.45) is 0 Å². The molecule has 1 heterocycles. The number of thiophene rings is 1. The summed E-state index contributed by atoms with van der Waals surface area (Å²) < 4.78 is 11.7. The van der Waals surface area contributed by atoms with Crippen LogP contribution in [0.5, 0.6) is 11.5 Å². The first kappa shape index (κ1) is 14.2. The number of hydrogen-bond acceptors (Lipinski definition) is 4. The Morgan fingerprint density at radius 1 is 1.11 bits per heavy atom. The molecule has 0 atom stereocenters. The largest absolute Gasteiger partial charge is 0.493 e. The second kappa shape index (κ2) is 6.30. The van der Waals surface area contributed by atoms with Gasteiger partial charge in [0.05, 0.1) is 24.6 Å². The van der Waals surface area contributed by atoms with Crippen LogP contribution in [0.25, 0.3) is 0 Å². The van der Waals surface area contributed by atoms with Gasteiger partial charge in [0.2, 0.25) is 0 Å². The van der Waals surface area contributed by atoms with Gasteiger partial charge in [0.25, 0.3) is 0 Å². The Morgan fingerprint density at radius 3 is 2.42 bits per heavy atom. The molecule has 0 aliphatic carbocycles. The van der Waals surface area contributed by atoms with E-state index in [-0.39, 0.29) is 0 Å². The van der Waals surface area contributed by atoms with Gasteiger partial charge in [0.1, 0.15) is 0 Å². The summed E-state index contributed by atoms with van der Waals surface area (Å²) in [6, 6.07) is 10.1. The molecule has 0 amide bonds. The van der Waals surface area contributed by atoms with Crippen LogP contribution in [0.4, 0.5) is 5.69 Å². The molecule has 5 heteroatoms. The van der Waals surface area contributed by atoms with Crippen molar-refractivity contribution in [3.05, 3.63) is 39.0 Å². The molecular formula is C14H16BrNO2S. The molecule has 102 valence electrons. The van der Waals surface area contributed by atoms with Gasteiger partial charge in [0, 0.05) is 23.7 Å². The molecule has 2 rings (SSSR count). The highest BCUT2D eigenvalue weighted by Crippen LogP contribution is 2.32. The quantitative estimate of drug-likeness (QED) is 0.814. The summed E-state index contributed by atoms with van der Waals surface area (Å²) in [7, 11) is 5.36. The van der Waals surface area contributed by atoms with E-state index in [0.29, 0.717) is 0 Å². The molecule has 1 aromatic heterocycles. The zero-order valence-corrected chi connectivity index (χ0v) is 13.5. The summed E-state index contributed by atoms with van der Waals surface area (Å²) in [5, 5.41) is 0. The van der Waals surface area contributed by atoms with E-state index in [1.165, 1.54) is 4.88 Å². The van der Waals surface area contributed by atoms with Crippen molar-refractivity contribution in [1.29, 1.82) is 0 Å². The summed E-state index contributed by atoms with van der Waals surface area (Å²) in [5.41, 5.74) is 1.10. The predicted octanol–water partition coefficient (Wildman–Crippen LogP) is 4.16. The molecule has 19 heavy (non-hydrogen) atoms. The molecule has 0 unspecified atom stereocenters. The molecule has 0 bridgehead atoms. The molecule has 0 saturated carbocycles. The van der Waals surface area contributed by atoms with Gasteiger partial charge in [0.15, 0.2) is 11.5 Å². The summed E-state index contributed by atoms with van der Waals surface area (Å²) in [4.78, 5) is 3.49. The molecule has 0 saturated heterocycles. The van der Waals surface area contributed by atoms with Gasteiger partial charge in [-0.15, -0.1) is 11.3 Å². The van der Waals surface area contributed by atoms with Crippen molar-refractivity contribution >= 4 is 33.0 Å². The van der Waals surface area contributed by atoms with E-state index in [1.807, 2.05) is 18.2 Å². The van der Waals surface area contributed by atoms with E-state index in [2.05, 4.69) is 40.0 Å². The Bertz CT molecular complexity index is 556. The number of halogens is 1. The van der Waals surface area contributed by atoms with Crippen LogP contribution in [-0.2, 0) is 6.54 Å². The molecular weight excluding hydrogens is 326 g/mol.